The largest absolute Gasteiger partial charge is 0.354 e. The van der Waals surface area contributed by atoms with Gasteiger partial charge in [-0.3, -0.25) is 18.7 Å². The van der Waals surface area contributed by atoms with Crippen molar-refractivity contribution in [1.82, 2.24) is 10.2 Å². The highest BCUT2D eigenvalue weighted by atomic mass is 35.5. The Kier molecular flexibility index (Phi) is 10.9. The summed E-state index contributed by atoms with van der Waals surface area (Å²) in [6.45, 7) is 3.21. The molecule has 8 nitrogen and oxygen atoms in total. The number of sulfonamides is 1. The first-order valence-corrected chi connectivity index (χ1v) is 15.2. The number of hydrogen-bond acceptors (Lipinski definition) is 5. The van der Waals surface area contributed by atoms with Gasteiger partial charge in [0.05, 0.1) is 11.9 Å². The van der Waals surface area contributed by atoms with Crippen molar-refractivity contribution in [2.24, 2.45) is 0 Å². The number of benzene rings is 3. The molecule has 1 N–H and O–H groups in total. The molecule has 3 aromatic carbocycles. The van der Waals surface area contributed by atoms with Crippen molar-refractivity contribution in [1.29, 1.82) is 0 Å². The van der Waals surface area contributed by atoms with E-state index in [1.807, 2.05) is 37.3 Å². The maximum atomic E-state index is 14.0. The number of carbonyl (C=O) groups is 3. The second-order valence-corrected chi connectivity index (χ2v) is 11.9. The Morgan fingerprint density at radius 3 is 2.23 bits per heavy atom. The molecule has 0 fully saturated rings. The van der Waals surface area contributed by atoms with E-state index in [9.17, 15) is 22.8 Å². The molecule has 0 saturated carbocycles. The van der Waals surface area contributed by atoms with Crippen molar-refractivity contribution in [2.75, 3.05) is 23.7 Å². The predicted molar refractivity (Wildman–Crippen MR) is 158 cm³/mol. The van der Waals surface area contributed by atoms with Gasteiger partial charge in [-0.1, -0.05) is 73.1 Å². The Hall–Kier alpha value is -3.69. The lowest BCUT2D eigenvalue weighted by Crippen LogP contribution is -2.53. The van der Waals surface area contributed by atoms with Gasteiger partial charge in [0.25, 0.3) is 0 Å². The second kappa shape index (κ2) is 14.1. The van der Waals surface area contributed by atoms with Gasteiger partial charge in [0, 0.05) is 30.1 Å². The van der Waals surface area contributed by atoms with Crippen molar-refractivity contribution in [2.45, 2.75) is 39.3 Å². The predicted octanol–water partition coefficient (Wildman–Crippen LogP) is 4.47. The highest BCUT2D eigenvalue weighted by Gasteiger charge is 2.33. The standard InChI is InChI=1S/C30H34ClN3O5S/c1-4-16-32-30(37)28(18-23-10-6-5-7-11-23)33(20-24-12-8-14-26(31)17-24)29(36)21-34(40(3,38)39)27-15-9-13-25(19-27)22(2)35/h5-15,17,19,28H,4,16,18,20-21H2,1-3H3,(H,32,37)/t28-/m1/s1. The molecule has 1 atom stereocenters. The summed E-state index contributed by atoms with van der Waals surface area (Å²) >= 11 is 6.22. The van der Waals surface area contributed by atoms with Crippen LogP contribution in [0, 0.1) is 0 Å². The smallest absolute Gasteiger partial charge is 0.244 e. The molecule has 40 heavy (non-hydrogen) atoms. The van der Waals surface area contributed by atoms with Crippen LogP contribution in [0.3, 0.4) is 0 Å². The lowest BCUT2D eigenvalue weighted by molar-refractivity contribution is -0.140. The van der Waals surface area contributed by atoms with Crippen LogP contribution < -0.4 is 9.62 Å². The minimum atomic E-state index is -3.93. The van der Waals surface area contributed by atoms with Gasteiger partial charge >= 0.3 is 0 Å². The van der Waals surface area contributed by atoms with Crippen LogP contribution in [0.1, 0.15) is 41.8 Å². The molecule has 0 unspecified atom stereocenters. The van der Waals surface area contributed by atoms with E-state index in [1.54, 1.807) is 36.4 Å². The van der Waals surface area contributed by atoms with E-state index in [2.05, 4.69) is 5.32 Å². The molecule has 0 saturated heterocycles. The third kappa shape index (κ3) is 8.66. The van der Waals surface area contributed by atoms with E-state index >= 15 is 0 Å². The van der Waals surface area contributed by atoms with Gasteiger partial charge in [-0.2, -0.15) is 0 Å². The van der Waals surface area contributed by atoms with Crippen LogP contribution in [0.4, 0.5) is 5.69 Å². The Morgan fingerprint density at radius 1 is 0.925 bits per heavy atom. The van der Waals surface area contributed by atoms with Gasteiger partial charge in [0.15, 0.2) is 5.78 Å². The number of hydrogen-bond donors (Lipinski definition) is 1. The van der Waals surface area contributed by atoms with E-state index < -0.39 is 28.5 Å². The fourth-order valence-electron chi connectivity index (χ4n) is 4.25. The summed E-state index contributed by atoms with van der Waals surface area (Å²) in [6, 6.07) is 21.5. The number of nitrogens with one attached hydrogen (secondary N) is 1. The highest BCUT2D eigenvalue weighted by Crippen LogP contribution is 2.22. The third-order valence-electron chi connectivity index (χ3n) is 6.28. The molecule has 0 heterocycles. The number of amides is 2. The van der Waals surface area contributed by atoms with Gasteiger partial charge in [0.1, 0.15) is 12.6 Å². The van der Waals surface area contributed by atoms with Gasteiger partial charge < -0.3 is 10.2 Å². The van der Waals surface area contributed by atoms with Crippen LogP contribution in [-0.4, -0.2) is 56.3 Å². The molecule has 2 amide bonds. The van der Waals surface area contributed by atoms with Crippen LogP contribution in [-0.2, 0) is 32.6 Å². The zero-order valence-corrected chi connectivity index (χ0v) is 24.4. The number of anilines is 1. The van der Waals surface area contributed by atoms with Gasteiger partial charge in [-0.05, 0) is 48.7 Å². The average molecular weight is 584 g/mol. The summed E-state index contributed by atoms with van der Waals surface area (Å²) in [5.41, 5.74) is 2.03. The normalized spacial score (nSPS) is 11.9. The van der Waals surface area contributed by atoms with Crippen LogP contribution in [0.25, 0.3) is 0 Å². The van der Waals surface area contributed by atoms with Crippen molar-refractivity contribution in [3.8, 4) is 0 Å². The maximum Gasteiger partial charge on any atom is 0.244 e. The minimum Gasteiger partial charge on any atom is -0.354 e. The van der Waals surface area contributed by atoms with E-state index in [1.165, 1.54) is 24.0 Å². The SMILES string of the molecule is CCCNC(=O)[C@@H](Cc1ccccc1)N(Cc1cccc(Cl)c1)C(=O)CN(c1cccc(C(C)=O)c1)S(C)(=O)=O. The second-order valence-electron chi connectivity index (χ2n) is 9.52. The molecular weight excluding hydrogens is 550 g/mol. The average Bonchev–Trinajstić information content (AvgIpc) is 2.92. The Bertz CT molecular complexity index is 1450. The summed E-state index contributed by atoms with van der Waals surface area (Å²) in [4.78, 5) is 40.9. The molecule has 0 aliphatic carbocycles. The zero-order chi connectivity index (χ0) is 29.3. The van der Waals surface area contributed by atoms with E-state index in [-0.39, 0.29) is 30.3 Å². The molecular formula is C30H34ClN3O5S. The Balaban J connectivity index is 2.06. The molecule has 212 valence electrons. The monoisotopic (exact) mass is 583 g/mol. The maximum absolute atomic E-state index is 14.0. The minimum absolute atomic E-state index is 0.0293. The van der Waals surface area contributed by atoms with Crippen molar-refractivity contribution < 1.29 is 22.8 Å². The lowest BCUT2D eigenvalue weighted by Gasteiger charge is -2.33. The van der Waals surface area contributed by atoms with Gasteiger partial charge in [-0.15, -0.1) is 0 Å². The Morgan fingerprint density at radius 2 is 1.60 bits per heavy atom. The molecule has 0 aromatic heterocycles. The van der Waals surface area contributed by atoms with Crippen LogP contribution in [0.2, 0.25) is 5.02 Å². The summed E-state index contributed by atoms with van der Waals surface area (Å²) in [7, 11) is -3.93. The lowest BCUT2D eigenvalue weighted by atomic mass is 10.0. The first-order valence-electron chi connectivity index (χ1n) is 12.9. The number of Topliss-reactive ketones (excluding diaryl/α,β-unsaturated/α-hetero) is 1. The molecule has 0 aliphatic rings. The highest BCUT2D eigenvalue weighted by molar-refractivity contribution is 7.92. The third-order valence-corrected chi connectivity index (χ3v) is 7.66. The number of nitrogens with zero attached hydrogens (tertiary/aromatic N) is 2. The molecule has 10 heteroatoms. The van der Waals surface area contributed by atoms with Crippen LogP contribution in [0.5, 0.6) is 0 Å². The summed E-state index contributed by atoms with van der Waals surface area (Å²) < 4.78 is 26.7. The zero-order valence-electron chi connectivity index (χ0n) is 22.8. The quantitative estimate of drug-likeness (QED) is 0.299. The fourth-order valence-corrected chi connectivity index (χ4v) is 5.30. The van der Waals surface area contributed by atoms with Crippen LogP contribution in [0.15, 0.2) is 78.9 Å². The first kappa shape index (κ1) is 30.8. The Labute approximate surface area is 241 Å². The number of rotatable bonds is 13. The van der Waals surface area contributed by atoms with Crippen LogP contribution >= 0.6 is 11.6 Å². The van der Waals surface area contributed by atoms with E-state index in [0.29, 0.717) is 29.1 Å². The molecule has 0 aliphatic heterocycles. The summed E-state index contributed by atoms with van der Waals surface area (Å²) in [6.07, 6.45) is 1.93. The van der Waals surface area contributed by atoms with E-state index in [4.69, 9.17) is 11.6 Å². The first-order chi connectivity index (χ1) is 19.0. The summed E-state index contributed by atoms with van der Waals surface area (Å²) in [5, 5.41) is 3.36. The number of halogens is 1. The molecule has 0 radical (unpaired) electrons. The fraction of sp³-hybridized carbons (Fsp3) is 0.300. The molecule has 0 spiro atoms. The van der Waals surface area contributed by atoms with Gasteiger partial charge in [0.2, 0.25) is 21.8 Å². The van der Waals surface area contributed by atoms with Crippen molar-refractivity contribution >= 4 is 44.9 Å². The van der Waals surface area contributed by atoms with Crippen molar-refractivity contribution in [3.05, 3.63) is 101 Å². The molecule has 0 bridgehead atoms. The van der Waals surface area contributed by atoms with E-state index in [0.717, 1.165) is 16.1 Å². The van der Waals surface area contributed by atoms with Gasteiger partial charge in [-0.25, -0.2) is 8.42 Å². The van der Waals surface area contributed by atoms with Crippen molar-refractivity contribution in [3.63, 3.8) is 0 Å². The topological polar surface area (TPSA) is 104 Å². The number of ketones is 1. The molecule has 3 rings (SSSR count). The number of carbonyl (C=O) groups excluding carboxylic acids is 3. The molecule has 3 aromatic rings. The summed E-state index contributed by atoms with van der Waals surface area (Å²) in [5.74, 6) is -1.16.